The zero-order valence-electron chi connectivity index (χ0n) is 28.1. The Balaban J connectivity index is 1.19. The van der Waals surface area contributed by atoms with Crippen molar-refractivity contribution < 1.29 is 19.4 Å². The number of anilines is 1. The largest absolute Gasteiger partial charge is 0.488 e. The second kappa shape index (κ2) is 14.5. The molecule has 2 heterocycles. The number of benzene rings is 4. The monoisotopic (exact) mass is 644 g/mol. The molecule has 3 atom stereocenters. The second-order valence-electron chi connectivity index (χ2n) is 13.1. The maximum Gasteiger partial charge on any atom is 0.258 e. The molecule has 4 aromatic carbocycles. The number of fused-ring (bicyclic) bond motifs is 2. The molecule has 0 saturated carbocycles. The molecule has 248 valence electrons. The standard InChI is InChI=1S/C40H44N4O4/c1-27-22-44(28(2)26-45)40(47)35-21-33(41-39(46)20-32-24-43(4)36-13-9-8-12-34(32)36)18-19-37(35)48-38(27)25-42(3)23-29-14-16-31(17-15-29)30-10-6-5-7-11-30/h5-19,21,24,27-28,38,45H,20,22-23,25-26H2,1-4H3,(H,41,46)/t27-,28+,38-/m0/s1. The Kier molecular flexibility index (Phi) is 9.94. The third-order valence-corrected chi connectivity index (χ3v) is 9.28. The minimum Gasteiger partial charge on any atom is -0.488 e. The number of nitrogens with one attached hydrogen (secondary N) is 1. The van der Waals surface area contributed by atoms with Crippen molar-refractivity contribution in [3.05, 3.63) is 120 Å². The molecule has 0 fully saturated rings. The van der Waals surface area contributed by atoms with Crippen LogP contribution in [0.5, 0.6) is 5.75 Å². The summed E-state index contributed by atoms with van der Waals surface area (Å²) in [6, 6.07) is 31.9. The van der Waals surface area contributed by atoms with E-state index in [9.17, 15) is 14.7 Å². The quantitative estimate of drug-likeness (QED) is 0.184. The van der Waals surface area contributed by atoms with Crippen LogP contribution in [0.3, 0.4) is 0 Å². The van der Waals surface area contributed by atoms with Gasteiger partial charge in [0.25, 0.3) is 5.91 Å². The molecule has 5 aromatic rings. The van der Waals surface area contributed by atoms with E-state index in [-0.39, 0.29) is 42.9 Å². The average molecular weight is 645 g/mol. The summed E-state index contributed by atoms with van der Waals surface area (Å²) >= 11 is 0. The molecule has 1 aliphatic rings. The summed E-state index contributed by atoms with van der Waals surface area (Å²) in [5.74, 6) is 0.0725. The van der Waals surface area contributed by atoms with Crippen molar-refractivity contribution in [3.8, 4) is 16.9 Å². The van der Waals surface area contributed by atoms with Crippen LogP contribution in [0.4, 0.5) is 5.69 Å². The molecule has 1 aliphatic heterocycles. The first-order chi connectivity index (χ1) is 23.2. The minimum absolute atomic E-state index is 0.000851. The Labute approximate surface area is 282 Å². The smallest absolute Gasteiger partial charge is 0.258 e. The van der Waals surface area contributed by atoms with Gasteiger partial charge < -0.3 is 24.6 Å². The van der Waals surface area contributed by atoms with E-state index in [1.165, 1.54) is 16.7 Å². The fraction of sp³-hybridized carbons (Fsp3) is 0.300. The summed E-state index contributed by atoms with van der Waals surface area (Å²) in [7, 11) is 4.05. The number of para-hydroxylation sites is 1. The van der Waals surface area contributed by atoms with Gasteiger partial charge in [-0.15, -0.1) is 0 Å². The zero-order valence-corrected chi connectivity index (χ0v) is 28.1. The maximum atomic E-state index is 13.9. The molecule has 0 radical (unpaired) electrons. The second-order valence-corrected chi connectivity index (χ2v) is 13.1. The van der Waals surface area contributed by atoms with E-state index < -0.39 is 0 Å². The van der Waals surface area contributed by atoms with Crippen LogP contribution in [0.25, 0.3) is 22.0 Å². The van der Waals surface area contributed by atoms with Gasteiger partial charge in [-0.3, -0.25) is 14.5 Å². The van der Waals surface area contributed by atoms with Gasteiger partial charge in [0.1, 0.15) is 11.9 Å². The topological polar surface area (TPSA) is 87.0 Å². The number of ether oxygens (including phenoxy) is 1. The Hall–Kier alpha value is -4.92. The fourth-order valence-corrected chi connectivity index (χ4v) is 6.58. The van der Waals surface area contributed by atoms with E-state index in [0.717, 1.165) is 23.0 Å². The number of aromatic nitrogens is 1. The van der Waals surface area contributed by atoms with Crippen LogP contribution in [0.2, 0.25) is 0 Å². The lowest BCUT2D eigenvalue weighted by Crippen LogP contribution is -2.49. The third-order valence-electron chi connectivity index (χ3n) is 9.28. The molecule has 0 unspecified atom stereocenters. The molecule has 2 amide bonds. The van der Waals surface area contributed by atoms with E-state index in [1.54, 1.807) is 23.1 Å². The first-order valence-electron chi connectivity index (χ1n) is 16.6. The molecule has 48 heavy (non-hydrogen) atoms. The number of likely N-dealkylation sites (N-methyl/N-ethyl adjacent to an activating group) is 1. The average Bonchev–Trinajstić information content (AvgIpc) is 3.41. The highest BCUT2D eigenvalue weighted by Gasteiger charge is 2.33. The highest BCUT2D eigenvalue weighted by atomic mass is 16.5. The highest BCUT2D eigenvalue weighted by Crippen LogP contribution is 2.31. The Morgan fingerprint density at radius 2 is 1.71 bits per heavy atom. The first-order valence-corrected chi connectivity index (χ1v) is 16.6. The number of aliphatic hydroxyl groups excluding tert-OH is 1. The van der Waals surface area contributed by atoms with Crippen LogP contribution in [-0.2, 0) is 24.8 Å². The van der Waals surface area contributed by atoms with Gasteiger partial charge in [-0.1, -0.05) is 79.7 Å². The number of aliphatic hydroxyl groups is 1. The van der Waals surface area contributed by atoms with Crippen molar-refractivity contribution in [2.45, 2.75) is 39.0 Å². The van der Waals surface area contributed by atoms with Gasteiger partial charge >= 0.3 is 0 Å². The molecule has 8 heteroatoms. The molecule has 0 aliphatic carbocycles. The molecule has 8 nitrogen and oxygen atoms in total. The number of amides is 2. The van der Waals surface area contributed by atoms with Gasteiger partial charge in [0.05, 0.1) is 24.6 Å². The molecule has 0 saturated heterocycles. The lowest BCUT2D eigenvalue weighted by Gasteiger charge is -2.38. The predicted molar refractivity (Wildman–Crippen MR) is 191 cm³/mol. The molecular weight excluding hydrogens is 600 g/mol. The van der Waals surface area contributed by atoms with Crippen LogP contribution in [-0.4, -0.2) is 70.2 Å². The van der Waals surface area contributed by atoms with Gasteiger partial charge in [0.15, 0.2) is 0 Å². The zero-order chi connectivity index (χ0) is 33.8. The van der Waals surface area contributed by atoms with E-state index in [1.807, 2.05) is 67.2 Å². The van der Waals surface area contributed by atoms with Crippen molar-refractivity contribution in [3.63, 3.8) is 0 Å². The van der Waals surface area contributed by atoms with Crippen LogP contribution >= 0.6 is 0 Å². The van der Waals surface area contributed by atoms with Crippen molar-refractivity contribution in [2.24, 2.45) is 13.0 Å². The first kappa shape index (κ1) is 33.0. The number of hydrogen-bond donors (Lipinski definition) is 2. The normalized spacial score (nSPS) is 17.0. The van der Waals surface area contributed by atoms with Gasteiger partial charge in [-0.05, 0) is 60.5 Å². The number of hydrogen-bond acceptors (Lipinski definition) is 5. The SMILES string of the molecule is C[C@H](CO)N1C[C@H](C)[C@H](CN(C)Cc2ccc(-c3ccccc3)cc2)Oc2ccc(NC(=O)Cc3cn(C)c4ccccc34)cc2C1=O. The van der Waals surface area contributed by atoms with Gasteiger partial charge in [0, 0.05) is 55.4 Å². The number of carbonyl (C=O) groups is 2. The van der Waals surface area contributed by atoms with Crippen molar-refractivity contribution in [1.29, 1.82) is 0 Å². The van der Waals surface area contributed by atoms with Gasteiger partial charge in [-0.2, -0.15) is 0 Å². The molecule has 6 rings (SSSR count). The summed E-state index contributed by atoms with van der Waals surface area (Å²) in [6.45, 7) is 5.60. The third kappa shape index (κ3) is 7.30. The molecule has 2 N–H and O–H groups in total. The number of carbonyl (C=O) groups excluding carboxylic acids is 2. The van der Waals surface area contributed by atoms with E-state index in [0.29, 0.717) is 30.1 Å². The van der Waals surface area contributed by atoms with E-state index >= 15 is 0 Å². The highest BCUT2D eigenvalue weighted by molar-refractivity contribution is 6.00. The van der Waals surface area contributed by atoms with E-state index in [4.69, 9.17) is 4.74 Å². The minimum atomic E-state index is -0.378. The van der Waals surface area contributed by atoms with Gasteiger partial charge in [-0.25, -0.2) is 0 Å². The summed E-state index contributed by atoms with van der Waals surface area (Å²) in [5.41, 5.74) is 6.47. The number of nitrogens with zero attached hydrogens (tertiary/aromatic N) is 3. The summed E-state index contributed by atoms with van der Waals surface area (Å²) in [6.07, 6.45) is 1.97. The maximum absolute atomic E-state index is 13.9. The van der Waals surface area contributed by atoms with Crippen molar-refractivity contribution in [2.75, 3.05) is 32.1 Å². The van der Waals surface area contributed by atoms with Crippen LogP contribution in [0.1, 0.15) is 35.3 Å². The summed E-state index contributed by atoms with van der Waals surface area (Å²) in [4.78, 5) is 31.1. The predicted octanol–water partition coefficient (Wildman–Crippen LogP) is 6.38. The van der Waals surface area contributed by atoms with Crippen LogP contribution in [0.15, 0.2) is 103 Å². The number of rotatable bonds is 10. The summed E-state index contributed by atoms with van der Waals surface area (Å²) < 4.78 is 8.63. The fourth-order valence-electron chi connectivity index (χ4n) is 6.58. The van der Waals surface area contributed by atoms with E-state index in [2.05, 4.69) is 60.6 Å². The molecule has 0 bridgehead atoms. The summed E-state index contributed by atoms with van der Waals surface area (Å²) in [5, 5.41) is 14.1. The van der Waals surface area contributed by atoms with Crippen molar-refractivity contribution in [1.82, 2.24) is 14.4 Å². The lowest BCUT2D eigenvalue weighted by atomic mass is 9.99. The Bertz CT molecular complexity index is 1890. The molecule has 0 spiro atoms. The Morgan fingerprint density at radius 3 is 2.46 bits per heavy atom. The van der Waals surface area contributed by atoms with Crippen LogP contribution in [0, 0.1) is 5.92 Å². The molecular formula is C40H44N4O4. The molecule has 1 aromatic heterocycles. The van der Waals surface area contributed by atoms with Crippen molar-refractivity contribution >= 4 is 28.4 Å². The Morgan fingerprint density at radius 1 is 1.00 bits per heavy atom. The number of aryl methyl sites for hydroxylation is 1. The van der Waals surface area contributed by atoms with Gasteiger partial charge in [0.2, 0.25) is 5.91 Å². The lowest BCUT2D eigenvalue weighted by molar-refractivity contribution is -0.115. The van der Waals surface area contributed by atoms with Crippen LogP contribution < -0.4 is 10.1 Å².